The van der Waals surface area contributed by atoms with E-state index in [9.17, 15) is 9.59 Å². The highest BCUT2D eigenvalue weighted by molar-refractivity contribution is 9.10. The molecular weight excluding hydrogens is 408 g/mol. The van der Waals surface area contributed by atoms with Crippen LogP contribution in [0, 0.1) is 0 Å². The minimum Gasteiger partial charge on any atom is -0.494 e. The second-order valence-corrected chi connectivity index (χ2v) is 7.42. The van der Waals surface area contributed by atoms with Crippen LogP contribution in [0.4, 0.5) is 0 Å². The molecule has 0 radical (unpaired) electrons. The lowest BCUT2D eigenvalue weighted by atomic mass is 10.0. The number of likely N-dealkylation sites (tertiary alicyclic amines) is 1. The van der Waals surface area contributed by atoms with Gasteiger partial charge in [0.05, 0.1) is 6.61 Å². The van der Waals surface area contributed by atoms with Gasteiger partial charge in [-0.3, -0.25) is 9.59 Å². The van der Waals surface area contributed by atoms with Crippen LogP contribution < -0.4 is 10.1 Å². The van der Waals surface area contributed by atoms with E-state index in [4.69, 9.17) is 4.74 Å². The SMILES string of the molecule is CCOc1ccc(C(=O)N2CCC(NC(=O)c3cccc(Br)c3)CC2)cc1. The van der Waals surface area contributed by atoms with E-state index in [-0.39, 0.29) is 17.9 Å². The summed E-state index contributed by atoms with van der Waals surface area (Å²) in [7, 11) is 0. The molecule has 1 aliphatic heterocycles. The number of piperidine rings is 1. The maximum absolute atomic E-state index is 12.6. The van der Waals surface area contributed by atoms with Crippen molar-refractivity contribution in [3.8, 4) is 5.75 Å². The fourth-order valence-electron chi connectivity index (χ4n) is 3.17. The van der Waals surface area contributed by atoms with Crippen molar-refractivity contribution in [2.45, 2.75) is 25.8 Å². The first-order valence-corrected chi connectivity index (χ1v) is 9.94. The molecule has 1 fully saturated rings. The Labute approximate surface area is 167 Å². The van der Waals surface area contributed by atoms with Crippen LogP contribution in [0.15, 0.2) is 53.0 Å². The molecule has 0 bridgehead atoms. The minimum atomic E-state index is -0.0763. The van der Waals surface area contributed by atoms with Gasteiger partial charge >= 0.3 is 0 Å². The van der Waals surface area contributed by atoms with E-state index in [2.05, 4.69) is 21.2 Å². The smallest absolute Gasteiger partial charge is 0.253 e. The maximum Gasteiger partial charge on any atom is 0.253 e. The van der Waals surface area contributed by atoms with Gasteiger partial charge in [0, 0.05) is 34.7 Å². The summed E-state index contributed by atoms with van der Waals surface area (Å²) in [6.45, 7) is 3.80. The summed E-state index contributed by atoms with van der Waals surface area (Å²) in [5.41, 5.74) is 1.30. The number of nitrogens with zero attached hydrogens (tertiary/aromatic N) is 1. The summed E-state index contributed by atoms with van der Waals surface area (Å²) >= 11 is 3.38. The third kappa shape index (κ3) is 5.10. The number of amides is 2. The van der Waals surface area contributed by atoms with Gasteiger partial charge in [-0.05, 0) is 62.2 Å². The molecule has 142 valence electrons. The van der Waals surface area contributed by atoms with Crippen molar-refractivity contribution in [3.05, 3.63) is 64.1 Å². The summed E-state index contributed by atoms with van der Waals surface area (Å²) in [6.07, 6.45) is 1.50. The van der Waals surface area contributed by atoms with Crippen molar-refractivity contribution in [1.29, 1.82) is 0 Å². The molecule has 0 atom stereocenters. The Balaban J connectivity index is 1.52. The lowest BCUT2D eigenvalue weighted by Crippen LogP contribution is -2.46. The molecule has 27 heavy (non-hydrogen) atoms. The molecule has 1 N–H and O–H groups in total. The number of carbonyl (C=O) groups is 2. The van der Waals surface area contributed by atoms with Gasteiger partial charge in [0.1, 0.15) is 5.75 Å². The fourth-order valence-corrected chi connectivity index (χ4v) is 3.57. The van der Waals surface area contributed by atoms with Crippen molar-refractivity contribution >= 4 is 27.7 Å². The highest BCUT2D eigenvalue weighted by atomic mass is 79.9. The van der Waals surface area contributed by atoms with E-state index >= 15 is 0 Å². The molecule has 2 amide bonds. The first-order chi connectivity index (χ1) is 13.1. The molecule has 0 aliphatic carbocycles. The molecule has 1 aliphatic rings. The third-order valence-electron chi connectivity index (χ3n) is 4.62. The van der Waals surface area contributed by atoms with Gasteiger partial charge in [-0.25, -0.2) is 0 Å². The molecule has 0 spiro atoms. The molecule has 5 nitrogen and oxygen atoms in total. The highest BCUT2D eigenvalue weighted by Gasteiger charge is 2.25. The van der Waals surface area contributed by atoms with Gasteiger partial charge in [0.25, 0.3) is 11.8 Å². The van der Waals surface area contributed by atoms with Crippen LogP contribution >= 0.6 is 15.9 Å². The number of nitrogens with one attached hydrogen (secondary N) is 1. The average Bonchev–Trinajstić information content (AvgIpc) is 2.69. The summed E-state index contributed by atoms with van der Waals surface area (Å²) in [4.78, 5) is 26.9. The minimum absolute atomic E-state index is 0.0230. The van der Waals surface area contributed by atoms with E-state index in [0.717, 1.165) is 23.1 Å². The molecule has 0 aromatic heterocycles. The van der Waals surface area contributed by atoms with E-state index in [1.54, 1.807) is 24.3 Å². The Kier molecular flexibility index (Phi) is 6.50. The lowest BCUT2D eigenvalue weighted by molar-refractivity contribution is 0.0698. The van der Waals surface area contributed by atoms with E-state index in [0.29, 0.717) is 30.8 Å². The van der Waals surface area contributed by atoms with Crippen molar-refractivity contribution < 1.29 is 14.3 Å². The molecule has 2 aromatic carbocycles. The zero-order valence-electron chi connectivity index (χ0n) is 15.3. The summed E-state index contributed by atoms with van der Waals surface area (Å²) in [5.74, 6) is 0.713. The predicted octanol–water partition coefficient (Wildman–Crippen LogP) is 3.88. The molecule has 2 aromatic rings. The van der Waals surface area contributed by atoms with Crippen molar-refractivity contribution in [3.63, 3.8) is 0 Å². The monoisotopic (exact) mass is 430 g/mol. The van der Waals surface area contributed by atoms with Gasteiger partial charge in [-0.1, -0.05) is 22.0 Å². The summed E-state index contributed by atoms with van der Waals surface area (Å²) < 4.78 is 6.29. The standard InChI is InChI=1S/C21H23BrN2O3/c1-2-27-19-8-6-15(7-9-19)21(26)24-12-10-18(11-13-24)23-20(25)16-4-3-5-17(22)14-16/h3-9,14,18H,2,10-13H2,1H3,(H,23,25). The Morgan fingerprint density at radius 1 is 1.11 bits per heavy atom. The Hall–Kier alpha value is -2.34. The maximum atomic E-state index is 12.6. The average molecular weight is 431 g/mol. The number of ether oxygens (including phenoxy) is 1. The quantitative estimate of drug-likeness (QED) is 0.782. The number of halogens is 1. The second-order valence-electron chi connectivity index (χ2n) is 6.51. The van der Waals surface area contributed by atoms with Crippen molar-refractivity contribution in [1.82, 2.24) is 10.2 Å². The third-order valence-corrected chi connectivity index (χ3v) is 5.11. The van der Waals surface area contributed by atoms with Crippen LogP contribution in [0.5, 0.6) is 5.75 Å². The van der Waals surface area contributed by atoms with Gasteiger partial charge < -0.3 is 15.0 Å². The summed E-state index contributed by atoms with van der Waals surface area (Å²) in [6, 6.07) is 14.7. The first kappa shape index (κ1) is 19.4. The fraction of sp³-hybridized carbons (Fsp3) is 0.333. The van der Waals surface area contributed by atoms with Crippen LogP contribution in [0.3, 0.4) is 0 Å². The zero-order chi connectivity index (χ0) is 19.2. The number of hydrogen-bond donors (Lipinski definition) is 1. The van der Waals surface area contributed by atoms with E-state index < -0.39 is 0 Å². The lowest BCUT2D eigenvalue weighted by Gasteiger charge is -2.32. The normalized spacial score (nSPS) is 14.7. The second kappa shape index (κ2) is 9.04. The molecule has 3 rings (SSSR count). The van der Waals surface area contributed by atoms with Gasteiger partial charge in [0.15, 0.2) is 0 Å². The molecule has 1 heterocycles. The number of rotatable bonds is 5. The van der Waals surface area contributed by atoms with Gasteiger partial charge in [-0.2, -0.15) is 0 Å². The molecule has 0 saturated carbocycles. The first-order valence-electron chi connectivity index (χ1n) is 9.15. The molecule has 1 saturated heterocycles. The Morgan fingerprint density at radius 3 is 2.44 bits per heavy atom. The molecular formula is C21H23BrN2O3. The van der Waals surface area contributed by atoms with Gasteiger partial charge in [-0.15, -0.1) is 0 Å². The number of benzene rings is 2. The topological polar surface area (TPSA) is 58.6 Å². The van der Waals surface area contributed by atoms with E-state index in [1.807, 2.05) is 36.1 Å². The predicted molar refractivity (Wildman–Crippen MR) is 108 cm³/mol. The van der Waals surface area contributed by atoms with Crippen LogP contribution in [0.1, 0.15) is 40.5 Å². The Morgan fingerprint density at radius 2 is 1.81 bits per heavy atom. The number of carbonyl (C=O) groups excluding carboxylic acids is 2. The van der Waals surface area contributed by atoms with Crippen LogP contribution in [-0.4, -0.2) is 42.5 Å². The molecule has 6 heteroatoms. The number of hydrogen-bond acceptors (Lipinski definition) is 3. The van der Waals surface area contributed by atoms with Crippen LogP contribution in [0.2, 0.25) is 0 Å². The summed E-state index contributed by atoms with van der Waals surface area (Å²) in [5, 5.41) is 3.07. The van der Waals surface area contributed by atoms with E-state index in [1.165, 1.54) is 0 Å². The van der Waals surface area contributed by atoms with Crippen LogP contribution in [0.25, 0.3) is 0 Å². The van der Waals surface area contributed by atoms with Crippen molar-refractivity contribution in [2.24, 2.45) is 0 Å². The highest BCUT2D eigenvalue weighted by Crippen LogP contribution is 2.18. The van der Waals surface area contributed by atoms with Crippen molar-refractivity contribution in [2.75, 3.05) is 19.7 Å². The van der Waals surface area contributed by atoms with Crippen LogP contribution in [-0.2, 0) is 0 Å². The Bertz CT molecular complexity index is 799. The largest absolute Gasteiger partial charge is 0.494 e. The van der Waals surface area contributed by atoms with Gasteiger partial charge in [0.2, 0.25) is 0 Å². The molecule has 0 unspecified atom stereocenters. The zero-order valence-corrected chi connectivity index (χ0v) is 16.9.